The summed E-state index contributed by atoms with van der Waals surface area (Å²) in [5.74, 6) is -0.0609. The van der Waals surface area contributed by atoms with Gasteiger partial charge >= 0.3 is 5.76 Å². The van der Waals surface area contributed by atoms with Gasteiger partial charge in [-0.1, -0.05) is 6.07 Å². The predicted molar refractivity (Wildman–Crippen MR) is 85.3 cm³/mol. The highest BCUT2D eigenvalue weighted by atomic mass is 32.2. The van der Waals surface area contributed by atoms with Crippen LogP contribution in [0.4, 0.5) is 5.69 Å². The Kier molecular flexibility index (Phi) is 3.83. The third-order valence-electron chi connectivity index (χ3n) is 3.10. The van der Waals surface area contributed by atoms with Crippen LogP contribution in [0, 0.1) is 0 Å². The molecule has 23 heavy (non-hydrogen) atoms. The van der Waals surface area contributed by atoms with Gasteiger partial charge in [0.15, 0.2) is 5.58 Å². The van der Waals surface area contributed by atoms with Crippen molar-refractivity contribution in [2.45, 2.75) is 11.8 Å². The number of benzene rings is 2. The Hall–Kier alpha value is -2.74. The van der Waals surface area contributed by atoms with E-state index in [-0.39, 0.29) is 4.90 Å². The van der Waals surface area contributed by atoms with Crippen LogP contribution in [0.25, 0.3) is 11.1 Å². The van der Waals surface area contributed by atoms with Crippen LogP contribution >= 0.6 is 0 Å². The lowest BCUT2D eigenvalue weighted by Crippen LogP contribution is -2.13. The van der Waals surface area contributed by atoms with E-state index in [1.54, 1.807) is 24.3 Å². The van der Waals surface area contributed by atoms with E-state index in [4.69, 9.17) is 9.15 Å². The van der Waals surface area contributed by atoms with Gasteiger partial charge in [-0.3, -0.25) is 9.71 Å². The smallest absolute Gasteiger partial charge is 0.417 e. The Morgan fingerprint density at radius 3 is 2.83 bits per heavy atom. The highest BCUT2D eigenvalue weighted by molar-refractivity contribution is 7.92. The van der Waals surface area contributed by atoms with Crippen LogP contribution in [0.2, 0.25) is 0 Å². The monoisotopic (exact) mass is 334 g/mol. The molecule has 0 saturated carbocycles. The molecule has 1 aromatic heterocycles. The number of fused-ring (bicyclic) bond motifs is 1. The van der Waals surface area contributed by atoms with E-state index in [1.165, 1.54) is 18.2 Å². The number of nitrogens with one attached hydrogen (secondary N) is 2. The molecule has 1 heterocycles. The van der Waals surface area contributed by atoms with Crippen molar-refractivity contribution >= 4 is 26.8 Å². The van der Waals surface area contributed by atoms with Gasteiger partial charge in [0.25, 0.3) is 10.0 Å². The molecule has 3 rings (SSSR count). The molecular formula is C15H14N2O5S. The molecule has 0 fully saturated rings. The zero-order valence-corrected chi connectivity index (χ0v) is 13.0. The van der Waals surface area contributed by atoms with Gasteiger partial charge < -0.3 is 9.15 Å². The highest BCUT2D eigenvalue weighted by Gasteiger charge is 2.16. The summed E-state index contributed by atoms with van der Waals surface area (Å²) in [5.41, 5.74) is 1.00. The van der Waals surface area contributed by atoms with Crippen LogP contribution < -0.4 is 15.2 Å². The number of H-pyrrole nitrogens is 1. The number of hydrogen-bond donors (Lipinski definition) is 2. The summed E-state index contributed by atoms with van der Waals surface area (Å²) in [7, 11) is -3.80. The molecule has 0 amide bonds. The van der Waals surface area contributed by atoms with E-state index in [2.05, 4.69) is 9.71 Å². The molecule has 0 bridgehead atoms. The Bertz CT molecular complexity index is 1000. The number of aromatic amines is 1. The largest absolute Gasteiger partial charge is 0.494 e. The molecule has 7 nitrogen and oxygen atoms in total. The fourth-order valence-corrected chi connectivity index (χ4v) is 3.20. The quantitative estimate of drug-likeness (QED) is 0.745. The first kappa shape index (κ1) is 15.2. The van der Waals surface area contributed by atoms with E-state index in [0.717, 1.165) is 0 Å². The zero-order chi connectivity index (χ0) is 16.4. The van der Waals surface area contributed by atoms with Gasteiger partial charge in [-0.2, -0.15) is 0 Å². The summed E-state index contributed by atoms with van der Waals surface area (Å²) in [6.45, 7) is 2.33. The summed E-state index contributed by atoms with van der Waals surface area (Å²) < 4.78 is 37.6. The van der Waals surface area contributed by atoms with Crippen molar-refractivity contribution in [1.82, 2.24) is 4.98 Å². The van der Waals surface area contributed by atoms with Crippen molar-refractivity contribution < 1.29 is 17.6 Å². The standard InChI is InChI=1S/C15H14N2O5S/c1-2-21-11-5-3-4-10(8-11)17-23(19,20)12-6-7-14-13(9-12)16-15(18)22-14/h3-9,17H,2H2,1H3,(H,16,18). The SMILES string of the molecule is CCOc1cccc(NS(=O)(=O)c2ccc3oc(=O)[nH]c3c2)c1. The second kappa shape index (κ2) is 5.81. The van der Waals surface area contributed by atoms with Crippen LogP contribution in [0.15, 0.2) is 56.6 Å². The molecule has 3 aromatic rings. The van der Waals surface area contributed by atoms with Crippen molar-refractivity contribution in [3.05, 3.63) is 53.0 Å². The lowest BCUT2D eigenvalue weighted by Gasteiger charge is -2.09. The second-order valence-corrected chi connectivity index (χ2v) is 6.42. The normalized spacial score (nSPS) is 11.5. The molecule has 0 radical (unpaired) electrons. The first-order chi connectivity index (χ1) is 11.0. The molecule has 0 aliphatic heterocycles. The van der Waals surface area contributed by atoms with E-state index >= 15 is 0 Å². The fraction of sp³-hybridized carbons (Fsp3) is 0.133. The number of rotatable bonds is 5. The highest BCUT2D eigenvalue weighted by Crippen LogP contribution is 2.22. The average molecular weight is 334 g/mol. The topological polar surface area (TPSA) is 101 Å². The Balaban J connectivity index is 1.93. The molecule has 2 N–H and O–H groups in total. The van der Waals surface area contributed by atoms with Gasteiger partial charge in [-0.25, -0.2) is 13.2 Å². The minimum atomic E-state index is -3.80. The Morgan fingerprint density at radius 2 is 2.04 bits per heavy atom. The summed E-state index contributed by atoms with van der Waals surface area (Å²) in [6.07, 6.45) is 0. The first-order valence-electron chi connectivity index (χ1n) is 6.86. The van der Waals surface area contributed by atoms with Crippen LogP contribution in [0.3, 0.4) is 0 Å². The van der Waals surface area contributed by atoms with Gasteiger partial charge in [0, 0.05) is 6.07 Å². The maximum atomic E-state index is 12.4. The van der Waals surface area contributed by atoms with Crippen LogP contribution in [-0.4, -0.2) is 20.0 Å². The van der Waals surface area contributed by atoms with Gasteiger partial charge in [0.2, 0.25) is 0 Å². The number of anilines is 1. The Labute approximate surface area is 131 Å². The minimum Gasteiger partial charge on any atom is -0.494 e. The maximum absolute atomic E-state index is 12.4. The summed E-state index contributed by atoms with van der Waals surface area (Å²) in [5, 5.41) is 0. The fourth-order valence-electron chi connectivity index (χ4n) is 2.13. The number of oxazole rings is 1. The van der Waals surface area contributed by atoms with Crippen LogP contribution in [-0.2, 0) is 10.0 Å². The van der Waals surface area contributed by atoms with Gasteiger partial charge in [0.1, 0.15) is 5.75 Å². The molecule has 0 spiro atoms. The molecule has 0 saturated heterocycles. The summed E-state index contributed by atoms with van der Waals surface area (Å²) >= 11 is 0. The molecular weight excluding hydrogens is 320 g/mol. The lowest BCUT2D eigenvalue weighted by molar-refractivity contribution is 0.340. The molecule has 120 valence electrons. The van der Waals surface area contributed by atoms with Crippen LogP contribution in [0.5, 0.6) is 5.75 Å². The van der Waals surface area contributed by atoms with Crippen molar-refractivity contribution in [3.63, 3.8) is 0 Å². The number of sulfonamides is 1. The van der Waals surface area contributed by atoms with E-state index < -0.39 is 15.8 Å². The lowest BCUT2D eigenvalue weighted by atomic mass is 10.3. The number of aromatic nitrogens is 1. The molecule has 2 aromatic carbocycles. The van der Waals surface area contributed by atoms with Gasteiger partial charge in [-0.15, -0.1) is 0 Å². The average Bonchev–Trinajstić information content (AvgIpc) is 2.86. The minimum absolute atomic E-state index is 0.0175. The van der Waals surface area contributed by atoms with E-state index in [0.29, 0.717) is 29.1 Å². The van der Waals surface area contributed by atoms with E-state index in [1.807, 2.05) is 6.92 Å². The van der Waals surface area contributed by atoms with Crippen molar-refractivity contribution in [2.24, 2.45) is 0 Å². The molecule has 0 aliphatic carbocycles. The third kappa shape index (κ3) is 3.21. The van der Waals surface area contributed by atoms with E-state index in [9.17, 15) is 13.2 Å². The molecule has 0 aliphatic rings. The molecule has 0 unspecified atom stereocenters. The second-order valence-electron chi connectivity index (χ2n) is 4.74. The summed E-state index contributed by atoms with van der Waals surface area (Å²) in [6, 6.07) is 10.8. The third-order valence-corrected chi connectivity index (χ3v) is 4.48. The van der Waals surface area contributed by atoms with Gasteiger partial charge in [-0.05, 0) is 37.3 Å². The first-order valence-corrected chi connectivity index (χ1v) is 8.35. The van der Waals surface area contributed by atoms with Crippen molar-refractivity contribution in [2.75, 3.05) is 11.3 Å². The van der Waals surface area contributed by atoms with Crippen molar-refractivity contribution in [1.29, 1.82) is 0 Å². The summed E-state index contributed by atoms with van der Waals surface area (Å²) in [4.78, 5) is 13.6. The van der Waals surface area contributed by atoms with Crippen molar-refractivity contribution in [3.8, 4) is 5.75 Å². The van der Waals surface area contributed by atoms with Gasteiger partial charge in [0.05, 0.1) is 22.7 Å². The van der Waals surface area contributed by atoms with Crippen LogP contribution in [0.1, 0.15) is 6.92 Å². The zero-order valence-electron chi connectivity index (χ0n) is 12.2. The predicted octanol–water partition coefficient (Wildman–Crippen LogP) is 2.32. The number of ether oxygens (including phenoxy) is 1. The maximum Gasteiger partial charge on any atom is 0.417 e. The molecule has 8 heteroatoms. The molecule has 0 atom stereocenters. The number of hydrogen-bond acceptors (Lipinski definition) is 5. The Morgan fingerprint density at radius 1 is 1.22 bits per heavy atom.